The van der Waals surface area contributed by atoms with Gasteiger partial charge in [-0.3, -0.25) is 0 Å². The number of carbonyl (C=O) groups is 1. The maximum Gasteiger partial charge on any atom is 0.335 e. The van der Waals surface area contributed by atoms with Crippen molar-refractivity contribution in [2.45, 2.75) is 83.9 Å². The lowest BCUT2D eigenvalue weighted by molar-refractivity contribution is -0.179. The van der Waals surface area contributed by atoms with E-state index in [2.05, 4.69) is 45.9 Å². The third kappa shape index (κ3) is 14.8. The van der Waals surface area contributed by atoms with Crippen LogP contribution in [0.5, 0.6) is 0 Å². The Kier molecular flexibility index (Phi) is 11.4. The Morgan fingerprint density at radius 3 is 2.00 bits per heavy atom. The Bertz CT molecular complexity index is 427. The number of hydrogen-bond donors (Lipinski definition) is 1. The molecule has 26 heavy (non-hydrogen) atoms. The first-order chi connectivity index (χ1) is 11.7. The maximum atomic E-state index is 11.8. The summed E-state index contributed by atoms with van der Waals surface area (Å²) in [4.78, 5) is 11.8. The Morgan fingerprint density at radius 2 is 1.62 bits per heavy atom. The monoisotopic (exact) mass is 422 g/mol. The molecule has 154 valence electrons. The van der Waals surface area contributed by atoms with Gasteiger partial charge in [-0.1, -0.05) is 12.6 Å². The Morgan fingerprint density at radius 1 is 1.12 bits per heavy atom. The lowest BCUT2D eigenvalue weighted by atomic mass is 10.3. The van der Waals surface area contributed by atoms with Crippen LogP contribution in [-0.4, -0.2) is 62.1 Å². The molecule has 0 aliphatic carbocycles. The molecule has 0 amide bonds. The van der Waals surface area contributed by atoms with Gasteiger partial charge in [-0.05, 0) is 53.1 Å². The molecule has 2 unspecified atom stereocenters. The van der Waals surface area contributed by atoms with Crippen molar-refractivity contribution in [2.24, 2.45) is 0 Å². The summed E-state index contributed by atoms with van der Waals surface area (Å²) in [7, 11) is -4.09. The topological polar surface area (TPSA) is 74.2 Å². The molecule has 0 bridgehead atoms. The Labute approximate surface area is 163 Å². The Hall–Kier alpha value is -0.299. The van der Waals surface area contributed by atoms with Crippen LogP contribution in [0.15, 0.2) is 12.2 Å². The molecule has 6 nitrogen and oxygen atoms in total. The van der Waals surface area contributed by atoms with Gasteiger partial charge < -0.3 is 23.4 Å². The van der Waals surface area contributed by atoms with Crippen LogP contribution in [0.3, 0.4) is 0 Å². The first-order valence-electron chi connectivity index (χ1n) is 9.21. The van der Waals surface area contributed by atoms with E-state index in [1.807, 2.05) is 0 Å². The molecule has 2 atom stereocenters. The summed E-state index contributed by atoms with van der Waals surface area (Å²) < 4.78 is 23.3. The number of ether oxygens (including phenoxy) is 2. The van der Waals surface area contributed by atoms with Gasteiger partial charge in [0.2, 0.25) is 6.29 Å². The van der Waals surface area contributed by atoms with Gasteiger partial charge in [0, 0.05) is 12.0 Å². The zero-order chi connectivity index (χ0) is 20.5. The minimum Gasteiger partial charge on any atom is -0.432 e. The van der Waals surface area contributed by atoms with E-state index in [4.69, 9.17) is 18.3 Å². The molecule has 0 fully saturated rings. The van der Waals surface area contributed by atoms with Crippen LogP contribution in [0, 0.1) is 0 Å². The van der Waals surface area contributed by atoms with Crippen molar-refractivity contribution in [2.75, 3.05) is 6.61 Å². The summed E-state index contributed by atoms with van der Waals surface area (Å²) in [5.41, 5.74) is 0.329. The van der Waals surface area contributed by atoms with Gasteiger partial charge in [0.15, 0.2) is 16.6 Å². The lowest BCUT2D eigenvalue weighted by Gasteiger charge is -2.32. The first kappa shape index (κ1) is 25.7. The second-order valence-corrected chi connectivity index (χ2v) is 19.5. The van der Waals surface area contributed by atoms with Gasteiger partial charge in [0.25, 0.3) is 0 Å². The van der Waals surface area contributed by atoms with Gasteiger partial charge in [-0.25, -0.2) is 4.79 Å². The van der Waals surface area contributed by atoms with E-state index in [1.165, 1.54) is 0 Å². The van der Waals surface area contributed by atoms with Crippen molar-refractivity contribution in [1.29, 1.82) is 0 Å². The molecule has 0 spiro atoms. The summed E-state index contributed by atoms with van der Waals surface area (Å²) in [6, 6.07) is 0.855. The third-order valence-electron chi connectivity index (χ3n) is 2.96. The molecule has 0 aromatic carbocycles. The quantitative estimate of drug-likeness (QED) is 0.213. The zero-order valence-corrected chi connectivity index (χ0v) is 21.2. The van der Waals surface area contributed by atoms with Gasteiger partial charge >= 0.3 is 5.97 Å². The smallest absolute Gasteiger partial charge is 0.335 e. The summed E-state index contributed by atoms with van der Waals surface area (Å²) in [6.07, 6.45) is -0.726. The number of aliphatic hydroxyl groups is 1. The predicted octanol–water partition coefficient (Wildman–Crippen LogP) is 2.79. The third-order valence-corrected chi connectivity index (χ3v) is 7.19. The highest BCUT2D eigenvalue weighted by Crippen LogP contribution is 2.16. The molecule has 0 radical (unpaired) electrons. The molecule has 0 aromatic rings. The molecule has 0 aliphatic heterocycles. The fourth-order valence-corrected chi connectivity index (χ4v) is 8.64. The molecule has 1 N–H and O–H groups in total. The number of esters is 1. The van der Waals surface area contributed by atoms with Crippen LogP contribution in [0.1, 0.15) is 20.3 Å². The van der Waals surface area contributed by atoms with Gasteiger partial charge in [0.05, 0.1) is 22.2 Å². The second-order valence-electron chi connectivity index (χ2n) is 8.62. The first-order valence-corrected chi connectivity index (χ1v) is 17.8. The zero-order valence-electron chi connectivity index (χ0n) is 17.8. The van der Waals surface area contributed by atoms with Crippen LogP contribution in [-0.2, 0) is 23.1 Å². The van der Waals surface area contributed by atoms with Crippen molar-refractivity contribution in [3.63, 3.8) is 0 Å². The standard InChI is InChI=1S/C17H38O6Si3/c1-13(2)16(19)21-15(20-12-14(3)18)10-11-24-17(22-25(4,5)6)23-26(7,8)9/h14-15,17-18H,1,10-12,24H2,2-9H3. The summed E-state index contributed by atoms with van der Waals surface area (Å²) >= 11 is 0. The number of hydrogen-bond acceptors (Lipinski definition) is 6. The number of aliphatic hydroxyl groups excluding tert-OH is 1. The predicted molar refractivity (Wildman–Crippen MR) is 113 cm³/mol. The Balaban J connectivity index is 4.72. The van der Waals surface area contributed by atoms with Crippen LogP contribution in [0.4, 0.5) is 0 Å². The summed E-state index contributed by atoms with van der Waals surface area (Å²) in [5, 5.41) is 9.41. The highest BCUT2D eigenvalue weighted by molar-refractivity contribution is 6.71. The van der Waals surface area contributed by atoms with E-state index >= 15 is 0 Å². The van der Waals surface area contributed by atoms with Gasteiger partial charge in [-0.2, -0.15) is 0 Å². The van der Waals surface area contributed by atoms with Crippen molar-refractivity contribution in [3.8, 4) is 0 Å². The van der Waals surface area contributed by atoms with Gasteiger partial charge in [0.1, 0.15) is 5.91 Å². The molecule has 0 saturated heterocycles. The average molecular weight is 423 g/mol. The fraction of sp³-hybridized carbons (Fsp3) is 0.824. The van der Waals surface area contributed by atoms with Crippen molar-refractivity contribution in [3.05, 3.63) is 12.2 Å². The molecule has 0 saturated carbocycles. The molecule has 0 aromatic heterocycles. The normalized spacial score (nSPS) is 15.5. The van der Waals surface area contributed by atoms with Crippen LogP contribution < -0.4 is 0 Å². The van der Waals surface area contributed by atoms with E-state index in [9.17, 15) is 9.90 Å². The minimum absolute atomic E-state index is 0.109. The molecule has 0 aliphatic rings. The van der Waals surface area contributed by atoms with Crippen LogP contribution in [0.2, 0.25) is 45.3 Å². The van der Waals surface area contributed by atoms with Crippen LogP contribution in [0.25, 0.3) is 0 Å². The van der Waals surface area contributed by atoms with Crippen LogP contribution >= 0.6 is 0 Å². The van der Waals surface area contributed by atoms with Crippen molar-refractivity contribution < 1.29 is 28.2 Å². The SMILES string of the molecule is C=C(C)C(=O)OC(CC[SiH2]C(O[Si](C)(C)C)O[Si](C)(C)C)OCC(C)O. The average Bonchev–Trinajstić information content (AvgIpc) is 2.40. The maximum absolute atomic E-state index is 11.8. The minimum atomic E-state index is -1.70. The van der Waals surface area contributed by atoms with Gasteiger partial charge in [-0.15, -0.1) is 0 Å². The number of carbonyl (C=O) groups excluding carboxylic acids is 1. The van der Waals surface area contributed by atoms with Crippen molar-refractivity contribution >= 4 is 32.1 Å². The van der Waals surface area contributed by atoms with Crippen molar-refractivity contribution in [1.82, 2.24) is 0 Å². The second kappa shape index (κ2) is 11.5. The van der Waals surface area contributed by atoms with E-state index in [1.54, 1.807) is 13.8 Å². The van der Waals surface area contributed by atoms with E-state index < -0.39 is 44.5 Å². The van der Waals surface area contributed by atoms with E-state index in [-0.39, 0.29) is 12.5 Å². The fourth-order valence-electron chi connectivity index (χ4n) is 2.02. The molecule has 0 heterocycles. The molecule has 9 heteroatoms. The molecular formula is C17H38O6Si3. The highest BCUT2D eigenvalue weighted by Gasteiger charge is 2.27. The van der Waals surface area contributed by atoms with E-state index in [0.29, 0.717) is 12.0 Å². The highest BCUT2D eigenvalue weighted by atomic mass is 28.4. The lowest BCUT2D eigenvalue weighted by Crippen LogP contribution is -2.43. The summed E-state index contributed by atoms with van der Waals surface area (Å²) in [5.74, 6) is -0.585. The largest absolute Gasteiger partial charge is 0.432 e. The molecule has 0 rings (SSSR count). The molecular weight excluding hydrogens is 384 g/mol. The van der Waals surface area contributed by atoms with E-state index in [0.717, 1.165) is 6.04 Å². The number of rotatable bonds is 13. The summed E-state index contributed by atoms with van der Waals surface area (Å²) in [6.45, 7) is 19.9.